The first-order chi connectivity index (χ1) is 18.6. The van der Waals surface area contributed by atoms with E-state index >= 15 is 0 Å². The highest BCUT2D eigenvalue weighted by molar-refractivity contribution is 5.94. The maximum absolute atomic E-state index is 14.8. The molecule has 2 saturated heterocycles. The molecule has 0 bridgehead atoms. The first kappa shape index (κ1) is 25.8. The van der Waals surface area contributed by atoms with Gasteiger partial charge >= 0.3 is 6.09 Å². The van der Waals surface area contributed by atoms with Crippen molar-refractivity contribution < 1.29 is 28.2 Å². The predicted octanol–water partition coefficient (Wildman–Crippen LogP) is 2.27. The van der Waals surface area contributed by atoms with E-state index in [1.165, 1.54) is 17.2 Å². The van der Waals surface area contributed by atoms with Crippen molar-refractivity contribution >= 4 is 23.6 Å². The molecule has 2 aromatic rings. The lowest BCUT2D eigenvalue weighted by Crippen LogP contribution is -2.48. The number of hydrogen-bond acceptors (Lipinski definition) is 9. The Kier molecular flexibility index (Phi) is 6.34. The van der Waals surface area contributed by atoms with Gasteiger partial charge in [0.05, 0.1) is 12.7 Å². The lowest BCUT2D eigenvalue weighted by molar-refractivity contribution is -0.118. The highest BCUT2D eigenvalue weighted by Crippen LogP contribution is 2.38. The minimum atomic E-state index is -0.599. The topological polar surface area (TPSA) is 132 Å². The van der Waals surface area contributed by atoms with E-state index in [1.54, 1.807) is 0 Å². The number of hydrogen-bond donors (Lipinski definition) is 2. The van der Waals surface area contributed by atoms with Crippen molar-refractivity contribution in [1.29, 1.82) is 0 Å². The van der Waals surface area contributed by atoms with Crippen LogP contribution >= 0.6 is 0 Å². The summed E-state index contributed by atoms with van der Waals surface area (Å²) >= 11 is 0. The smallest absolute Gasteiger partial charge is 0.416 e. The minimum Gasteiger partial charge on any atom is -0.492 e. The Morgan fingerprint density at radius 3 is 2.82 bits per heavy atom. The number of nitrogens with zero attached hydrogens (tertiary/aromatic N) is 4. The first-order valence-corrected chi connectivity index (χ1v) is 13.3. The Morgan fingerprint density at radius 2 is 2.05 bits per heavy atom. The number of benzene rings is 1. The van der Waals surface area contributed by atoms with E-state index in [0.717, 1.165) is 37.2 Å². The summed E-state index contributed by atoms with van der Waals surface area (Å²) in [4.78, 5) is 36.8. The molecule has 2 fully saturated rings. The van der Waals surface area contributed by atoms with Crippen LogP contribution in [0.5, 0.6) is 11.6 Å². The van der Waals surface area contributed by atoms with Gasteiger partial charge < -0.3 is 30.2 Å². The SMILES string of the molecule is CC(C)(N)COc1cc(F)c2c(c1)CC(CN1CCC3(CC1)CN(c1cnc4c(n1)NC(=O)CO4)C(=O)O3)C2. The average Bonchev–Trinajstić information content (AvgIpc) is 3.44. The van der Waals surface area contributed by atoms with Crippen molar-refractivity contribution in [1.82, 2.24) is 14.9 Å². The van der Waals surface area contributed by atoms with Crippen molar-refractivity contribution in [2.45, 2.75) is 50.7 Å². The summed E-state index contributed by atoms with van der Waals surface area (Å²) in [6.45, 7) is 6.71. The third kappa shape index (κ3) is 5.35. The third-order valence-electron chi connectivity index (χ3n) is 7.73. The van der Waals surface area contributed by atoms with Crippen LogP contribution in [-0.4, -0.2) is 77.4 Å². The van der Waals surface area contributed by atoms with Crippen LogP contribution in [0.4, 0.5) is 20.8 Å². The Balaban J connectivity index is 1.04. The second kappa shape index (κ2) is 9.60. The summed E-state index contributed by atoms with van der Waals surface area (Å²) in [5.74, 6) is 1.04. The number of aromatic nitrogens is 2. The van der Waals surface area contributed by atoms with E-state index < -0.39 is 17.2 Å². The number of fused-ring (bicyclic) bond motifs is 2. The van der Waals surface area contributed by atoms with Gasteiger partial charge in [0.2, 0.25) is 0 Å². The van der Waals surface area contributed by atoms with E-state index in [0.29, 0.717) is 49.9 Å². The van der Waals surface area contributed by atoms with Crippen LogP contribution in [0.3, 0.4) is 0 Å². The molecule has 2 amide bonds. The number of ether oxygens (including phenoxy) is 3. The largest absolute Gasteiger partial charge is 0.492 e. The molecule has 12 heteroatoms. The zero-order chi connectivity index (χ0) is 27.4. The van der Waals surface area contributed by atoms with Crippen molar-refractivity contribution in [3.05, 3.63) is 35.3 Å². The van der Waals surface area contributed by atoms with E-state index in [1.807, 2.05) is 19.9 Å². The zero-order valence-corrected chi connectivity index (χ0v) is 22.2. The second-order valence-electron chi connectivity index (χ2n) is 11.8. The molecule has 1 aromatic heterocycles. The number of carbonyl (C=O) groups is 2. The Hall–Kier alpha value is -3.51. The number of piperidine rings is 1. The van der Waals surface area contributed by atoms with Crippen LogP contribution < -0.4 is 25.4 Å². The summed E-state index contributed by atoms with van der Waals surface area (Å²) in [5.41, 5.74) is 6.69. The number of halogens is 1. The van der Waals surface area contributed by atoms with Crippen LogP contribution in [0.2, 0.25) is 0 Å². The molecule has 1 aromatic carbocycles. The Bertz CT molecular complexity index is 1310. The third-order valence-corrected chi connectivity index (χ3v) is 7.73. The highest BCUT2D eigenvalue weighted by atomic mass is 19.1. The normalized spacial score (nSPS) is 22.3. The van der Waals surface area contributed by atoms with Crippen LogP contribution in [0.25, 0.3) is 0 Å². The molecule has 1 unspecified atom stereocenters. The fourth-order valence-corrected chi connectivity index (χ4v) is 5.79. The van der Waals surface area contributed by atoms with Gasteiger partial charge in [-0.1, -0.05) is 0 Å². The average molecular weight is 541 g/mol. The van der Waals surface area contributed by atoms with Crippen LogP contribution in [0.1, 0.15) is 37.8 Å². The van der Waals surface area contributed by atoms with E-state index in [4.69, 9.17) is 19.9 Å². The lowest BCUT2D eigenvalue weighted by atomic mass is 9.90. The molecule has 1 aliphatic carbocycles. The van der Waals surface area contributed by atoms with Gasteiger partial charge in [-0.2, -0.15) is 0 Å². The minimum absolute atomic E-state index is 0.114. The number of amides is 2. The van der Waals surface area contributed by atoms with E-state index in [9.17, 15) is 14.0 Å². The fourth-order valence-electron chi connectivity index (χ4n) is 5.79. The summed E-state index contributed by atoms with van der Waals surface area (Å²) in [6, 6.07) is 3.41. The fraction of sp³-hybridized carbons (Fsp3) is 0.556. The molecule has 1 atom stereocenters. The summed E-state index contributed by atoms with van der Waals surface area (Å²) in [6.07, 6.45) is 3.86. The molecular formula is C27H33FN6O5. The molecular weight excluding hydrogens is 507 g/mol. The molecule has 39 heavy (non-hydrogen) atoms. The molecule has 6 rings (SSSR count). The Labute approximate surface area is 225 Å². The van der Waals surface area contributed by atoms with Gasteiger partial charge in [-0.05, 0) is 49.8 Å². The molecule has 4 aliphatic rings. The highest BCUT2D eigenvalue weighted by Gasteiger charge is 2.48. The van der Waals surface area contributed by atoms with Gasteiger partial charge in [-0.3, -0.25) is 9.69 Å². The van der Waals surface area contributed by atoms with Gasteiger partial charge in [0.15, 0.2) is 18.2 Å². The molecule has 1 spiro atoms. The summed E-state index contributed by atoms with van der Waals surface area (Å²) in [5, 5.41) is 2.62. The van der Waals surface area contributed by atoms with Crippen molar-refractivity contribution in [2.24, 2.45) is 11.7 Å². The summed E-state index contributed by atoms with van der Waals surface area (Å²) in [7, 11) is 0. The number of rotatable bonds is 6. The van der Waals surface area contributed by atoms with Gasteiger partial charge in [-0.25, -0.2) is 19.2 Å². The molecule has 11 nitrogen and oxygen atoms in total. The first-order valence-electron chi connectivity index (χ1n) is 13.3. The molecule has 0 saturated carbocycles. The van der Waals surface area contributed by atoms with Gasteiger partial charge in [0.25, 0.3) is 11.8 Å². The predicted molar refractivity (Wildman–Crippen MR) is 139 cm³/mol. The molecule has 4 heterocycles. The second-order valence-corrected chi connectivity index (χ2v) is 11.8. The van der Waals surface area contributed by atoms with Crippen molar-refractivity contribution in [3.63, 3.8) is 0 Å². The standard InChI is InChI=1S/C27H33FN6O5/c1-26(2,29)15-38-18-9-17-7-16(8-19(17)20(28)10-18)12-33-5-3-27(4-6-33)14-34(25(36)39-27)21-11-30-24-23(31-21)32-22(35)13-37-24/h9-11,16H,3-8,12-15,29H2,1-2H3,(H,31,32,35). The van der Waals surface area contributed by atoms with Crippen LogP contribution in [0.15, 0.2) is 18.3 Å². The lowest BCUT2D eigenvalue weighted by Gasteiger charge is -2.38. The molecule has 208 valence electrons. The number of nitrogens with two attached hydrogens (primary N) is 1. The molecule has 3 N–H and O–H groups in total. The van der Waals surface area contributed by atoms with Crippen LogP contribution in [0, 0.1) is 11.7 Å². The quantitative estimate of drug-likeness (QED) is 0.566. The monoisotopic (exact) mass is 540 g/mol. The van der Waals surface area contributed by atoms with Crippen molar-refractivity contribution in [3.8, 4) is 11.6 Å². The number of carbonyl (C=O) groups excluding carboxylic acids is 2. The van der Waals surface area contributed by atoms with E-state index in [2.05, 4.69) is 20.2 Å². The maximum Gasteiger partial charge on any atom is 0.416 e. The zero-order valence-electron chi connectivity index (χ0n) is 22.2. The van der Waals surface area contributed by atoms with Gasteiger partial charge in [0, 0.05) is 44.1 Å². The number of anilines is 2. The number of nitrogens with one attached hydrogen (secondary N) is 1. The van der Waals surface area contributed by atoms with Crippen LogP contribution in [-0.2, 0) is 22.4 Å². The Morgan fingerprint density at radius 1 is 1.26 bits per heavy atom. The number of likely N-dealkylation sites (tertiary alicyclic amines) is 1. The molecule has 3 aliphatic heterocycles. The molecule has 0 radical (unpaired) electrons. The van der Waals surface area contributed by atoms with Gasteiger partial charge in [0.1, 0.15) is 23.8 Å². The maximum atomic E-state index is 14.8. The van der Waals surface area contributed by atoms with Crippen molar-refractivity contribution in [2.75, 3.05) is 49.6 Å². The van der Waals surface area contributed by atoms with Gasteiger partial charge in [-0.15, -0.1) is 0 Å². The van der Waals surface area contributed by atoms with E-state index in [-0.39, 0.29) is 30.0 Å². The summed E-state index contributed by atoms with van der Waals surface area (Å²) < 4.78 is 31.7.